The normalized spacial score (nSPS) is 15.4. The number of nitrogens with zero attached hydrogens (tertiary/aromatic N) is 2. The van der Waals surface area contributed by atoms with Crippen molar-refractivity contribution in [2.45, 2.75) is 33.2 Å². The standard InChI is InChI=1S/C22H24IN3O/c1-5-26-20-10-9-16(11-19(20)15(2)13-22(26,3)4)14-24-25-21(27)17-7-6-8-18(23)12-17/h6-14H,5H2,1-4H3,(H,25,27)/b24-14+. The number of nitrogens with one attached hydrogen (secondary N) is 1. The van der Waals surface area contributed by atoms with Crippen LogP contribution < -0.4 is 10.3 Å². The zero-order valence-corrected chi connectivity index (χ0v) is 18.2. The van der Waals surface area contributed by atoms with Crippen molar-refractivity contribution in [3.8, 4) is 0 Å². The van der Waals surface area contributed by atoms with E-state index in [9.17, 15) is 4.79 Å². The molecule has 0 spiro atoms. The van der Waals surface area contributed by atoms with E-state index < -0.39 is 0 Å². The van der Waals surface area contributed by atoms with Gasteiger partial charge in [-0.1, -0.05) is 18.2 Å². The average Bonchev–Trinajstić information content (AvgIpc) is 2.61. The number of benzene rings is 2. The first kappa shape index (κ1) is 19.6. The van der Waals surface area contributed by atoms with Gasteiger partial charge in [-0.2, -0.15) is 5.10 Å². The molecule has 0 aliphatic carbocycles. The van der Waals surface area contributed by atoms with Crippen LogP contribution in [0.3, 0.4) is 0 Å². The Kier molecular flexibility index (Phi) is 5.69. The number of hydrogen-bond acceptors (Lipinski definition) is 3. The molecular formula is C22H24IN3O. The van der Waals surface area contributed by atoms with Crippen molar-refractivity contribution in [3.63, 3.8) is 0 Å². The van der Waals surface area contributed by atoms with Crippen LogP contribution in [0.1, 0.15) is 49.2 Å². The summed E-state index contributed by atoms with van der Waals surface area (Å²) < 4.78 is 1.02. The predicted octanol–water partition coefficient (Wildman–Crippen LogP) is 5.08. The fraction of sp³-hybridized carbons (Fsp3) is 0.273. The minimum Gasteiger partial charge on any atom is -0.363 e. The second kappa shape index (κ2) is 7.84. The van der Waals surface area contributed by atoms with E-state index in [0.717, 1.165) is 15.7 Å². The number of carbonyl (C=O) groups excluding carboxylic acids is 1. The van der Waals surface area contributed by atoms with Gasteiger partial charge in [-0.3, -0.25) is 4.79 Å². The van der Waals surface area contributed by atoms with Crippen LogP contribution in [0.15, 0.2) is 53.6 Å². The van der Waals surface area contributed by atoms with Gasteiger partial charge in [0.2, 0.25) is 0 Å². The van der Waals surface area contributed by atoms with Gasteiger partial charge < -0.3 is 4.90 Å². The van der Waals surface area contributed by atoms with Gasteiger partial charge in [-0.15, -0.1) is 0 Å². The number of halogens is 1. The molecule has 2 aromatic carbocycles. The lowest BCUT2D eigenvalue weighted by Crippen LogP contribution is -2.44. The second-order valence-corrected chi connectivity index (χ2v) is 8.46. The van der Waals surface area contributed by atoms with E-state index >= 15 is 0 Å². The number of carbonyl (C=O) groups is 1. The Labute approximate surface area is 174 Å². The molecule has 27 heavy (non-hydrogen) atoms. The molecule has 0 saturated carbocycles. The third-order valence-electron chi connectivity index (χ3n) is 4.78. The SMILES string of the molecule is CCN1c2ccc(/C=N/NC(=O)c3cccc(I)c3)cc2C(C)=CC1(C)C. The van der Waals surface area contributed by atoms with E-state index in [1.54, 1.807) is 12.3 Å². The summed E-state index contributed by atoms with van der Waals surface area (Å²) in [5.74, 6) is -0.210. The number of likely N-dealkylation sites (N-methyl/N-ethyl adjacent to an activating group) is 1. The lowest BCUT2D eigenvalue weighted by atomic mass is 9.88. The first-order chi connectivity index (χ1) is 12.8. The summed E-state index contributed by atoms with van der Waals surface area (Å²) in [6.07, 6.45) is 3.99. The molecular weight excluding hydrogens is 449 g/mol. The van der Waals surface area contributed by atoms with Gasteiger partial charge in [-0.25, -0.2) is 5.43 Å². The zero-order chi connectivity index (χ0) is 19.6. The largest absolute Gasteiger partial charge is 0.363 e. The monoisotopic (exact) mass is 473 g/mol. The molecule has 2 aromatic rings. The Hall–Kier alpha value is -2.15. The van der Waals surface area contributed by atoms with Crippen molar-refractivity contribution >= 4 is 46.0 Å². The molecule has 1 heterocycles. The van der Waals surface area contributed by atoms with Gasteiger partial charge in [0, 0.05) is 26.9 Å². The highest BCUT2D eigenvalue weighted by Gasteiger charge is 2.29. The summed E-state index contributed by atoms with van der Waals surface area (Å²) in [5, 5.41) is 4.13. The Bertz CT molecular complexity index is 931. The van der Waals surface area contributed by atoms with Crippen LogP contribution in [-0.2, 0) is 0 Å². The van der Waals surface area contributed by atoms with E-state index in [-0.39, 0.29) is 11.4 Å². The molecule has 0 bridgehead atoms. The molecule has 1 amide bonds. The molecule has 0 fully saturated rings. The van der Waals surface area contributed by atoms with E-state index in [0.29, 0.717) is 5.56 Å². The van der Waals surface area contributed by atoms with Crippen molar-refractivity contribution in [2.24, 2.45) is 5.10 Å². The zero-order valence-electron chi connectivity index (χ0n) is 16.1. The van der Waals surface area contributed by atoms with Crippen molar-refractivity contribution < 1.29 is 4.79 Å². The van der Waals surface area contributed by atoms with Crippen molar-refractivity contribution in [3.05, 3.63) is 68.8 Å². The van der Waals surface area contributed by atoms with Crippen LogP contribution >= 0.6 is 22.6 Å². The smallest absolute Gasteiger partial charge is 0.271 e. The molecule has 3 rings (SSSR count). The molecule has 0 unspecified atom stereocenters. The second-order valence-electron chi connectivity index (χ2n) is 7.21. The predicted molar refractivity (Wildman–Crippen MR) is 121 cm³/mol. The molecule has 0 aromatic heterocycles. The highest BCUT2D eigenvalue weighted by Crippen LogP contribution is 2.38. The third-order valence-corrected chi connectivity index (χ3v) is 5.46. The Balaban J connectivity index is 1.79. The van der Waals surface area contributed by atoms with Crippen LogP contribution in [0.4, 0.5) is 5.69 Å². The van der Waals surface area contributed by atoms with Crippen LogP contribution in [0.25, 0.3) is 5.57 Å². The molecule has 0 radical (unpaired) electrons. The molecule has 140 valence electrons. The number of amides is 1. The number of anilines is 1. The molecule has 1 N–H and O–H groups in total. The van der Waals surface area contributed by atoms with Crippen LogP contribution in [0.2, 0.25) is 0 Å². The summed E-state index contributed by atoms with van der Waals surface area (Å²) in [7, 11) is 0. The van der Waals surface area contributed by atoms with E-state index in [4.69, 9.17) is 0 Å². The summed E-state index contributed by atoms with van der Waals surface area (Å²) >= 11 is 2.19. The maximum Gasteiger partial charge on any atom is 0.271 e. The van der Waals surface area contributed by atoms with Crippen molar-refractivity contribution in [1.82, 2.24) is 5.43 Å². The molecule has 5 heteroatoms. The van der Waals surface area contributed by atoms with Gasteiger partial charge in [0.05, 0.1) is 11.8 Å². The lowest BCUT2D eigenvalue weighted by molar-refractivity contribution is 0.0955. The molecule has 4 nitrogen and oxygen atoms in total. The van der Waals surface area contributed by atoms with Gasteiger partial charge in [0.1, 0.15) is 0 Å². The number of hydrogen-bond donors (Lipinski definition) is 1. The van der Waals surface area contributed by atoms with Gasteiger partial charge in [0.25, 0.3) is 5.91 Å². The highest BCUT2D eigenvalue weighted by molar-refractivity contribution is 14.1. The molecule has 1 aliphatic heterocycles. The van der Waals surface area contributed by atoms with E-state index in [2.05, 4.69) is 83.9 Å². The minimum atomic E-state index is -0.210. The highest BCUT2D eigenvalue weighted by atomic mass is 127. The van der Waals surface area contributed by atoms with Gasteiger partial charge in [0.15, 0.2) is 0 Å². The Morgan fingerprint density at radius 2 is 2.04 bits per heavy atom. The van der Waals surface area contributed by atoms with E-state index in [1.165, 1.54) is 16.8 Å². The summed E-state index contributed by atoms with van der Waals surface area (Å²) in [6.45, 7) is 9.74. The third kappa shape index (κ3) is 4.24. The topological polar surface area (TPSA) is 44.7 Å². The first-order valence-corrected chi connectivity index (χ1v) is 10.1. The quantitative estimate of drug-likeness (QED) is 0.383. The van der Waals surface area contributed by atoms with E-state index in [1.807, 2.05) is 24.3 Å². The average molecular weight is 473 g/mol. The summed E-state index contributed by atoms with van der Waals surface area (Å²) in [6, 6.07) is 13.7. The van der Waals surface area contributed by atoms with Crippen LogP contribution in [0.5, 0.6) is 0 Å². The summed E-state index contributed by atoms with van der Waals surface area (Å²) in [4.78, 5) is 14.6. The summed E-state index contributed by atoms with van der Waals surface area (Å²) in [5.41, 5.74) is 7.88. The number of rotatable bonds is 4. The first-order valence-electron chi connectivity index (χ1n) is 9.02. The van der Waals surface area contributed by atoms with Crippen molar-refractivity contribution in [2.75, 3.05) is 11.4 Å². The Morgan fingerprint density at radius 1 is 1.26 bits per heavy atom. The number of fused-ring (bicyclic) bond motifs is 1. The maximum absolute atomic E-state index is 12.2. The fourth-order valence-electron chi connectivity index (χ4n) is 3.62. The van der Waals surface area contributed by atoms with Gasteiger partial charge >= 0.3 is 0 Å². The molecule has 1 aliphatic rings. The number of allylic oxidation sites excluding steroid dienone is 1. The maximum atomic E-state index is 12.2. The number of hydrazone groups is 1. The van der Waals surface area contributed by atoms with Gasteiger partial charge in [-0.05, 0) is 91.8 Å². The molecule has 0 atom stereocenters. The minimum absolute atomic E-state index is 0.00259. The molecule has 0 saturated heterocycles. The Morgan fingerprint density at radius 3 is 2.74 bits per heavy atom. The van der Waals surface area contributed by atoms with Crippen LogP contribution in [-0.4, -0.2) is 24.2 Å². The van der Waals surface area contributed by atoms with Crippen LogP contribution in [0, 0.1) is 3.57 Å². The lowest BCUT2D eigenvalue weighted by Gasteiger charge is -2.42. The fourth-order valence-corrected chi connectivity index (χ4v) is 4.16. The van der Waals surface area contributed by atoms with Crippen molar-refractivity contribution in [1.29, 1.82) is 0 Å².